The van der Waals surface area contributed by atoms with Crippen LogP contribution in [0.3, 0.4) is 0 Å². The predicted molar refractivity (Wildman–Crippen MR) is 82.2 cm³/mol. The van der Waals surface area contributed by atoms with Crippen molar-refractivity contribution < 1.29 is 47.7 Å². The van der Waals surface area contributed by atoms with Gasteiger partial charge in [-0.25, -0.2) is 19.2 Å². The van der Waals surface area contributed by atoms with E-state index in [0.717, 1.165) is 35.5 Å². The Kier molecular flexibility index (Phi) is 7.06. The molecule has 0 aromatic heterocycles. The zero-order valence-corrected chi connectivity index (χ0v) is 14.9. The summed E-state index contributed by atoms with van der Waals surface area (Å²) in [5.41, 5.74) is -1.96. The van der Waals surface area contributed by atoms with Crippen LogP contribution in [0.1, 0.15) is 6.42 Å². The molecule has 0 aromatic rings. The van der Waals surface area contributed by atoms with Crippen LogP contribution in [-0.4, -0.2) is 65.4 Å². The van der Waals surface area contributed by atoms with E-state index >= 15 is 0 Å². The van der Waals surface area contributed by atoms with Gasteiger partial charge in [0.25, 0.3) is 0 Å². The lowest BCUT2D eigenvalue weighted by Crippen LogP contribution is -2.35. The van der Waals surface area contributed by atoms with Crippen LogP contribution in [0.5, 0.6) is 0 Å². The second-order valence-corrected chi connectivity index (χ2v) is 4.89. The van der Waals surface area contributed by atoms with Gasteiger partial charge in [-0.1, -0.05) is 0 Å². The number of hydrogen-bond acceptors (Lipinski definition) is 10. The smallest absolute Gasteiger partial charge is 0.339 e. The predicted octanol–water partition coefficient (Wildman–Crippen LogP) is -0.535. The molecule has 1 aliphatic rings. The molecule has 0 fully saturated rings. The normalized spacial score (nSPS) is 16.6. The first-order valence-corrected chi connectivity index (χ1v) is 7.17. The van der Waals surface area contributed by atoms with E-state index in [1.807, 2.05) is 0 Å². The maximum Gasteiger partial charge on any atom is 0.339 e. The standard InChI is InChI=1S/C16H18O10/c1-22-12(17)7-6-8(13(18)23-2)10(15(20)25-4)11(16(21)26-5)9(7)14(19)24-3/h7H,6H2,1-5H3. The Morgan fingerprint density at radius 1 is 0.654 bits per heavy atom. The molecule has 1 atom stereocenters. The van der Waals surface area contributed by atoms with E-state index in [2.05, 4.69) is 23.7 Å². The maximum atomic E-state index is 12.3. The molecule has 10 nitrogen and oxygen atoms in total. The van der Waals surface area contributed by atoms with Crippen molar-refractivity contribution in [1.82, 2.24) is 0 Å². The minimum Gasteiger partial charge on any atom is -0.469 e. The second kappa shape index (κ2) is 8.79. The van der Waals surface area contributed by atoms with Crippen molar-refractivity contribution in [2.75, 3.05) is 35.5 Å². The molecule has 0 saturated carbocycles. The van der Waals surface area contributed by atoms with E-state index in [-0.39, 0.29) is 5.57 Å². The second-order valence-electron chi connectivity index (χ2n) is 4.89. The van der Waals surface area contributed by atoms with Gasteiger partial charge in [0, 0.05) is 0 Å². The van der Waals surface area contributed by atoms with Gasteiger partial charge in [0.1, 0.15) is 0 Å². The van der Waals surface area contributed by atoms with Gasteiger partial charge in [-0.05, 0) is 6.42 Å². The SMILES string of the molecule is COC(=O)C1=C(C(=O)OC)C(C(=O)OC)=C(C(=O)OC)C(C(=O)OC)C1. The molecule has 0 spiro atoms. The van der Waals surface area contributed by atoms with E-state index in [9.17, 15) is 24.0 Å². The van der Waals surface area contributed by atoms with Crippen molar-refractivity contribution in [3.63, 3.8) is 0 Å². The minimum atomic E-state index is -1.39. The molecule has 0 saturated heterocycles. The lowest BCUT2D eigenvalue weighted by atomic mass is 9.78. The summed E-state index contributed by atoms with van der Waals surface area (Å²) in [4.78, 5) is 61.1. The third-order valence-electron chi connectivity index (χ3n) is 3.68. The molecule has 0 heterocycles. The molecule has 10 heteroatoms. The van der Waals surface area contributed by atoms with Crippen molar-refractivity contribution in [2.24, 2.45) is 5.92 Å². The average molecular weight is 370 g/mol. The molecule has 0 aliphatic heterocycles. The Morgan fingerprint density at radius 2 is 1.12 bits per heavy atom. The van der Waals surface area contributed by atoms with Gasteiger partial charge >= 0.3 is 29.8 Å². The molecule has 1 aliphatic carbocycles. The highest BCUT2D eigenvalue weighted by Crippen LogP contribution is 2.38. The number of methoxy groups -OCH3 is 5. The molecule has 0 bridgehead atoms. The van der Waals surface area contributed by atoms with Crippen molar-refractivity contribution in [2.45, 2.75) is 6.42 Å². The van der Waals surface area contributed by atoms with Crippen LogP contribution in [0.25, 0.3) is 0 Å². The first-order valence-electron chi connectivity index (χ1n) is 7.17. The number of ether oxygens (including phenoxy) is 5. The summed E-state index contributed by atoms with van der Waals surface area (Å²) in [5.74, 6) is -6.58. The number of hydrogen-bond donors (Lipinski definition) is 0. The van der Waals surface area contributed by atoms with Crippen LogP contribution in [0.2, 0.25) is 0 Å². The fraction of sp³-hybridized carbons (Fsp3) is 0.438. The summed E-state index contributed by atoms with van der Waals surface area (Å²) in [6.07, 6.45) is -0.436. The highest BCUT2D eigenvalue weighted by atomic mass is 16.5. The molecule has 142 valence electrons. The summed E-state index contributed by atoms with van der Waals surface area (Å²) in [6.45, 7) is 0. The number of carbonyl (C=O) groups excluding carboxylic acids is 5. The van der Waals surface area contributed by atoms with Crippen LogP contribution < -0.4 is 0 Å². The molecule has 26 heavy (non-hydrogen) atoms. The zero-order chi connectivity index (χ0) is 20.0. The number of rotatable bonds is 5. The summed E-state index contributed by atoms with van der Waals surface area (Å²) in [5, 5.41) is 0. The van der Waals surface area contributed by atoms with Crippen LogP contribution in [0, 0.1) is 5.92 Å². The summed E-state index contributed by atoms with van der Waals surface area (Å²) in [7, 11) is 5.15. The van der Waals surface area contributed by atoms with E-state index in [4.69, 9.17) is 0 Å². The topological polar surface area (TPSA) is 132 Å². The van der Waals surface area contributed by atoms with Gasteiger partial charge in [-0.2, -0.15) is 0 Å². The molecular weight excluding hydrogens is 352 g/mol. The monoisotopic (exact) mass is 370 g/mol. The van der Waals surface area contributed by atoms with Crippen molar-refractivity contribution in [3.8, 4) is 0 Å². The van der Waals surface area contributed by atoms with E-state index in [1.54, 1.807) is 0 Å². The third-order valence-corrected chi connectivity index (χ3v) is 3.68. The molecule has 0 radical (unpaired) electrons. The summed E-state index contributed by atoms with van der Waals surface area (Å²) in [6, 6.07) is 0. The van der Waals surface area contributed by atoms with Crippen LogP contribution >= 0.6 is 0 Å². The van der Waals surface area contributed by atoms with Crippen molar-refractivity contribution >= 4 is 29.8 Å². The maximum absolute atomic E-state index is 12.3. The number of carbonyl (C=O) groups is 5. The van der Waals surface area contributed by atoms with Gasteiger partial charge in [0.15, 0.2) is 0 Å². The fourth-order valence-corrected chi connectivity index (χ4v) is 2.52. The highest BCUT2D eigenvalue weighted by molar-refractivity contribution is 6.17. The summed E-state index contributed by atoms with van der Waals surface area (Å²) >= 11 is 0. The van der Waals surface area contributed by atoms with E-state index in [1.165, 1.54) is 0 Å². The van der Waals surface area contributed by atoms with Gasteiger partial charge < -0.3 is 23.7 Å². The first kappa shape index (κ1) is 20.9. The van der Waals surface area contributed by atoms with E-state index < -0.39 is 58.9 Å². The molecule has 1 rings (SSSR count). The molecular formula is C16H18O10. The van der Waals surface area contributed by atoms with Gasteiger partial charge in [-0.15, -0.1) is 0 Å². The fourth-order valence-electron chi connectivity index (χ4n) is 2.52. The largest absolute Gasteiger partial charge is 0.469 e. The molecule has 0 aromatic carbocycles. The Labute approximate surface area is 148 Å². The third kappa shape index (κ3) is 3.73. The molecule has 1 unspecified atom stereocenters. The molecule has 0 amide bonds. The Bertz CT molecular complexity index is 713. The Balaban J connectivity index is 3.95. The lowest BCUT2D eigenvalue weighted by molar-refractivity contribution is -0.148. The highest BCUT2D eigenvalue weighted by Gasteiger charge is 2.45. The molecule has 0 N–H and O–H groups in total. The quantitative estimate of drug-likeness (QED) is 0.459. The zero-order valence-electron chi connectivity index (χ0n) is 14.9. The van der Waals surface area contributed by atoms with Gasteiger partial charge in [-0.3, -0.25) is 4.79 Å². The van der Waals surface area contributed by atoms with Crippen molar-refractivity contribution in [1.29, 1.82) is 0 Å². The lowest BCUT2D eigenvalue weighted by Gasteiger charge is -2.26. The number of esters is 5. The van der Waals surface area contributed by atoms with Gasteiger partial charge in [0.05, 0.1) is 63.8 Å². The Morgan fingerprint density at radius 3 is 1.54 bits per heavy atom. The van der Waals surface area contributed by atoms with Crippen LogP contribution in [0.15, 0.2) is 22.3 Å². The Hall–Kier alpha value is -3.17. The van der Waals surface area contributed by atoms with Crippen LogP contribution in [0.4, 0.5) is 0 Å². The minimum absolute atomic E-state index is 0.331. The summed E-state index contributed by atoms with van der Waals surface area (Å²) < 4.78 is 23.1. The first-order chi connectivity index (χ1) is 12.3. The van der Waals surface area contributed by atoms with Crippen LogP contribution in [-0.2, 0) is 47.7 Å². The van der Waals surface area contributed by atoms with Crippen molar-refractivity contribution in [3.05, 3.63) is 22.3 Å². The average Bonchev–Trinajstić information content (AvgIpc) is 2.68. The van der Waals surface area contributed by atoms with E-state index in [0.29, 0.717) is 0 Å². The van der Waals surface area contributed by atoms with Gasteiger partial charge in [0.2, 0.25) is 0 Å².